The highest BCUT2D eigenvalue weighted by Gasteiger charge is 2.47. The van der Waals surface area contributed by atoms with Crippen molar-refractivity contribution >= 4 is 23.5 Å². The van der Waals surface area contributed by atoms with Crippen LogP contribution in [0.5, 0.6) is 5.75 Å². The SMILES string of the molecule is CCOc1ccccc1N1C(=O)C(=O)N(Cc2nc(-c3ccc(C(F)(F)F)cc3)no2)C1=O. The van der Waals surface area contributed by atoms with Crippen molar-refractivity contribution in [1.29, 1.82) is 0 Å². The standard InChI is InChI=1S/C21H15F3N4O5/c1-2-32-15-6-4-3-5-14(15)28-19(30)18(29)27(20(28)31)11-16-25-17(26-33-16)12-7-9-13(10-8-12)21(22,23)24/h3-10H,2,11H2,1H3. The number of carbonyl (C=O) groups is 3. The molecule has 0 spiro atoms. The molecule has 0 bridgehead atoms. The molecular formula is C21H15F3N4O5. The van der Waals surface area contributed by atoms with Gasteiger partial charge in [0.25, 0.3) is 0 Å². The van der Waals surface area contributed by atoms with E-state index in [0.717, 1.165) is 12.1 Å². The normalized spacial score (nSPS) is 14.4. The molecule has 12 heteroatoms. The second-order valence-electron chi connectivity index (χ2n) is 6.80. The Balaban J connectivity index is 1.55. The number of rotatable bonds is 6. The fraction of sp³-hybridized carbons (Fsp3) is 0.190. The van der Waals surface area contributed by atoms with Crippen molar-refractivity contribution in [3.8, 4) is 17.1 Å². The van der Waals surface area contributed by atoms with Crippen LogP contribution in [0.4, 0.5) is 23.7 Å². The molecule has 0 N–H and O–H groups in total. The predicted molar refractivity (Wildman–Crippen MR) is 106 cm³/mol. The Labute approximate surface area is 184 Å². The zero-order valence-corrected chi connectivity index (χ0v) is 17.0. The minimum absolute atomic E-state index is 0.0392. The van der Waals surface area contributed by atoms with E-state index in [4.69, 9.17) is 9.26 Å². The number of imide groups is 2. The summed E-state index contributed by atoms with van der Waals surface area (Å²) in [4.78, 5) is 43.2. The largest absolute Gasteiger partial charge is 0.492 e. The molecule has 4 amide bonds. The van der Waals surface area contributed by atoms with E-state index in [1.54, 1.807) is 25.1 Å². The Bertz CT molecular complexity index is 1220. The Hall–Kier alpha value is -4.22. The van der Waals surface area contributed by atoms with Crippen molar-refractivity contribution in [3.63, 3.8) is 0 Å². The molecule has 1 fully saturated rings. The van der Waals surface area contributed by atoms with Crippen LogP contribution in [0.2, 0.25) is 0 Å². The number of halogens is 3. The molecule has 1 aromatic heterocycles. The van der Waals surface area contributed by atoms with Crippen molar-refractivity contribution in [1.82, 2.24) is 15.0 Å². The first-order valence-electron chi connectivity index (χ1n) is 9.62. The molecule has 0 radical (unpaired) electrons. The highest BCUT2D eigenvalue weighted by molar-refractivity contribution is 6.52. The Morgan fingerprint density at radius 3 is 2.36 bits per heavy atom. The number of alkyl halides is 3. The summed E-state index contributed by atoms with van der Waals surface area (Å²) in [6, 6.07) is 9.40. The first kappa shape index (κ1) is 22.0. The highest BCUT2D eigenvalue weighted by Crippen LogP contribution is 2.33. The zero-order valence-electron chi connectivity index (χ0n) is 17.0. The van der Waals surface area contributed by atoms with Gasteiger partial charge in [-0.05, 0) is 31.2 Å². The number of nitrogens with zero attached hydrogens (tertiary/aromatic N) is 4. The first-order valence-corrected chi connectivity index (χ1v) is 9.62. The number of amides is 4. The zero-order chi connectivity index (χ0) is 23.8. The Morgan fingerprint density at radius 2 is 1.70 bits per heavy atom. The third kappa shape index (κ3) is 4.14. The van der Waals surface area contributed by atoms with Crippen LogP contribution < -0.4 is 9.64 Å². The van der Waals surface area contributed by atoms with E-state index < -0.39 is 36.1 Å². The number of hydrogen-bond acceptors (Lipinski definition) is 7. The van der Waals surface area contributed by atoms with E-state index in [0.29, 0.717) is 9.80 Å². The van der Waals surface area contributed by atoms with E-state index in [1.807, 2.05) is 0 Å². The minimum Gasteiger partial charge on any atom is -0.492 e. The summed E-state index contributed by atoms with van der Waals surface area (Å²) in [5, 5.41) is 3.67. The summed E-state index contributed by atoms with van der Waals surface area (Å²) < 4.78 is 48.6. The number of hydrogen-bond donors (Lipinski definition) is 0. The number of urea groups is 1. The molecule has 2 heterocycles. The molecule has 0 aliphatic carbocycles. The molecule has 4 rings (SSSR count). The molecule has 0 saturated carbocycles. The first-order chi connectivity index (χ1) is 15.7. The molecule has 1 aliphatic rings. The van der Waals surface area contributed by atoms with Gasteiger partial charge < -0.3 is 9.26 Å². The van der Waals surface area contributed by atoms with Gasteiger partial charge in [0.15, 0.2) is 0 Å². The Morgan fingerprint density at radius 1 is 1.00 bits per heavy atom. The van der Waals surface area contributed by atoms with Gasteiger partial charge >= 0.3 is 24.0 Å². The molecule has 1 saturated heterocycles. The minimum atomic E-state index is -4.49. The second kappa shape index (κ2) is 8.37. The van der Waals surface area contributed by atoms with E-state index in [1.165, 1.54) is 18.2 Å². The molecule has 9 nitrogen and oxygen atoms in total. The monoisotopic (exact) mass is 460 g/mol. The van der Waals surface area contributed by atoms with Gasteiger partial charge in [-0.3, -0.25) is 9.59 Å². The number of aromatic nitrogens is 2. The van der Waals surface area contributed by atoms with Crippen LogP contribution in [-0.2, 0) is 22.3 Å². The summed E-state index contributed by atoms with van der Waals surface area (Å²) in [5.74, 6) is -2.14. The van der Waals surface area contributed by atoms with Gasteiger partial charge in [0, 0.05) is 5.56 Å². The second-order valence-corrected chi connectivity index (χ2v) is 6.80. The summed E-state index contributed by atoms with van der Waals surface area (Å²) >= 11 is 0. The van der Waals surface area contributed by atoms with Gasteiger partial charge in [-0.1, -0.05) is 29.4 Å². The Kier molecular flexibility index (Phi) is 5.58. The average molecular weight is 460 g/mol. The van der Waals surface area contributed by atoms with E-state index in [-0.39, 0.29) is 35.3 Å². The summed E-state index contributed by atoms with van der Waals surface area (Å²) in [6.45, 7) is 1.51. The van der Waals surface area contributed by atoms with Gasteiger partial charge in [0.2, 0.25) is 11.7 Å². The third-order valence-corrected chi connectivity index (χ3v) is 4.69. The van der Waals surface area contributed by atoms with Crippen LogP contribution in [0.15, 0.2) is 53.1 Å². The number of benzene rings is 2. The van der Waals surface area contributed by atoms with E-state index in [2.05, 4.69) is 10.1 Å². The molecule has 33 heavy (non-hydrogen) atoms. The van der Waals surface area contributed by atoms with Crippen LogP contribution in [0.25, 0.3) is 11.4 Å². The fourth-order valence-electron chi connectivity index (χ4n) is 3.16. The topological polar surface area (TPSA) is 106 Å². The maximum Gasteiger partial charge on any atom is 0.416 e. The van der Waals surface area contributed by atoms with Crippen molar-refractivity contribution in [3.05, 3.63) is 60.0 Å². The molecule has 0 atom stereocenters. The van der Waals surface area contributed by atoms with E-state index in [9.17, 15) is 27.6 Å². The molecule has 170 valence electrons. The summed E-state index contributed by atoms with van der Waals surface area (Å²) in [5.41, 5.74) is -0.490. The van der Waals surface area contributed by atoms with Crippen LogP contribution >= 0.6 is 0 Å². The predicted octanol–water partition coefficient (Wildman–Crippen LogP) is 3.65. The highest BCUT2D eigenvalue weighted by atomic mass is 19.4. The summed E-state index contributed by atoms with van der Waals surface area (Å²) in [7, 11) is 0. The van der Waals surface area contributed by atoms with Gasteiger partial charge in [-0.15, -0.1) is 0 Å². The van der Waals surface area contributed by atoms with Crippen LogP contribution in [0.1, 0.15) is 18.4 Å². The molecule has 3 aromatic rings. The number of ether oxygens (including phenoxy) is 1. The maximum absolute atomic E-state index is 12.9. The van der Waals surface area contributed by atoms with Crippen molar-refractivity contribution in [2.24, 2.45) is 0 Å². The van der Waals surface area contributed by atoms with Crippen molar-refractivity contribution in [2.75, 3.05) is 11.5 Å². The molecule has 1 aliphatic heterocycles. The number of para-hydroxylation sites is 2. The molecular weight excluding hydrogens is 445 g/mol. The average Bonchev–Trinajstić information content (AvgIpc) is 3.33. The van der Waals surface area contributed by atoms with Crippen LogP contribution in [-0.4, -0.2) is 39.5 Å². The number of anilines is 1. The molecule has 2 aromatic carbocycles. The van der Waals surface area contributed by atoms with E-state index >= 15 is 0 Å². The number of carbonyl (C=O) groups excluding carboxylic acids is 3. The maximum atomic E-state index is 12.9. The van der Waals surface area contributed by atoms with Gasteiger partial charge in [-0.2, -0.15) is 18.2 Å². The fourth-order valence-corrected chi connectivity index (χ4v) is 3.16. The smallest absolute Gasteiger partial charge is 0.416 e. The van der Waals surface area contributed by atoms with Crippen molar-refractivity contribution < 1.29 is 36.8 Å². The van der Waals surface area contributed by atoms with Gasteiger partial charge in [0.1, 0.15) is 12.3 Å². The van der Waals surface area contributed by atoms with Gasteiger partial charge in [0.05, 0.1) is 17.9 Å². The lowest BCUT2D eigenvalue weighted by Gasteiger charge is -2.17. The van der Waals surface area contributed by atoms with Crippen LogP contribution in [0, 0.1) is 0 Å². The summed E-state index contributed by atoms with van der Waals surface area (Å²) in [6.07, 6.45) is -4.49. The lowest BCUT2D eigenvalue weighted by molar-refractivity contribution is -0.139. The third-order valence-electron chi connectivity index (χ3n) is 4.69. The van der Waals surface area contributed by atoms with Crippen molar-refractivity contribution in [2.45, 2.75) is 19.6 Å². The lowest BCUT2D eigenvalue weighted by Crippen LogP contribution is -2.33. The lowest BCUT2D eigenvalue weighted by atomic mass is 10.1. The van der Waals surface area contributed by atoms with Gasteiger partial charge in [-0.25, -0.2) is 14.6 Å². The quantitative estimate of drug-likeness (QED) is 0.408. The molecule has 0 unspecified atom stereocenters. The van der Waals surface area contributed by atoms with Crippen LogP contribution in [0.3, 0.4) is 0 Å².